The van der Waals surface area contributed by atoms with E-state index < -0.39 is 58.4 Å². The Kier molecular flexibility index (Phi) is 18.5. The van der Waals surface area contributed by atoms with Gasteiger partial charge in [0, 0.05) is 83.9 Å². The Labute approximate surface area is 473 Å². The molecule has 4 aliphatic heterocycles. The molecule has 8 heterocycles. The van der Waals surface area contributed by atoms with Crippen molar-refractivity contribution >= 4 is 115 Å². The first-order valence-corrected chi connectivity index (χ1v) is 28.5. The fraction of sp³-hybridized carbons (Fsp3) is 0.388. The van der Waals surface area contributed by atoms with E-state index in [1.165, 1.54) is 58.3 Å². The summed E-state index contributed by atoms with van der Waals surface area (Å²) < 4.78 is 3.56. The first-order chi connectivity index (χ1) is 38.3. The molecule has 4 atom stereocenters. The number of nitrogen functional groups attached to an aromatic ring is 2. The number of carboxylic acids is 2. The van der Waals surface area contributed by atoms with Crippen LogP contribution in [-0.2, 0) is 74.2 Å². The zero-order chi connectivity index (χ0) is 57.5. The fourth-order valence-corrected chi connectivity index (χ4v) is 12.9. The maximum Gasteiger partial charge on any atom is 0.352 e. The van der Waals surface area contributed by atoms with Crippen molar-refractivity contribution in [2.24, 2.45) is 10.3 Å². The van der Waals surface area contributed by atoms with Gasteiger partial charge >= 0.3 is 11.9 Å². The average molecular weight is 1180 g/mol. The van der Waals surface area contributed by atoms with Crippen LogP contribution in [0.3, 0.4) is 0 Å². The molecule has 0 aromatic carbocycles. The third-order valence-corrected chi connectivity index (χ3v) is 17.1. The van der Waals surface area contributed by atoms with Crippen LogP contribution in [0, 0.1) is 0 Å². The highest BCUT2D eigenvalue weighted by atomic mass is 32.2. The van der Waals surface area contributed by atoms with Gasteiger partial charge in [-0.05, 0) is 32.0 Å². The number of nitrogens with two attached hydrogens (primary N) is 2. The van der Waals surface area contributed by atoms with E-state index in [0.29, 0.717) is 24.2 Å². The fourth-order valence-electron chi connectivity index (χ4n) is 9.16. The second kappa shape index (κ2) is 25.4. The van der Waals surface area contributed by atoms with Crippen molar-refractivity contribution in [3.05, 3.63) is 105 Å². The molecule has 4 aromatic heterocycles. The topological polar surface area (TPSA) is 346 Å². The summed E-state index contributed by atoms with van der Waals surface area (Å²) >= 11 is 4.84. The molecule has 4 aromatic rings. The molecule has 0 bridgehead atoms. The summed E-state index contributed by atoms with van der Waals surface area (Å²) in [5.41, 5.74) is 13.7. The zero-order valence-electron chi connectivity index (χ0n) is 43.8. The minimum Gasteiger partial charge on any atom is -0.477 e. The van der Waals surface area contributed by atoms with Crippen LogP contribution in [-0.4, -0.2) is 185 Å². The van der Waals surface area contributed by atoms with Crippen LogP contribution in [0.1, 0.15) is 36.4 Å². The summed E-state index contributed by atoms with van der Waals surface area (Å²) in [5.74, 6) is -5.03. The van der Waals surface area contributed by atoms with Gasteiger partial charge in [0.05, 0.1) is 13.1 Å². The normalized spacial score (nSPS) is 18.9. The van der Waals surface area contributed by atoms with Gasteiger partial charge in [-0.25, -0.2) is 28.7 Å². The van der Waals surface area contributed by atoms with Crippen molar-refractivity contribution in [2.75, 3.05) is 70.4 Å². The van der Waals surface area contributed by atoms with Crippen LogP contribution in [0.5, 0.6) is 0 Å². The SMILES string of the molecule is CCN(Cc1cc[n+](CC2=C(C(=O)O)N3C(=O)C(NC(=O)/C(=N\OC)c4csc(N)n4)C3SC2)cc1)C(=O)CN(C)CC(=O)N(CC)Cc1cc[n+](CC2=C(C(=O)O)N3C(=O)C(NC(=O)/C(=N\OC)c4csc(N)n4)C3SC2)cc1. The highest BCUT2D eigenvalue weighted by Crippen LogP contribution is 2.42. The molecular formula is C49H57N15O12S4+2. The monoisotopic (exact) mass is 1180 g/mol. The van der Waals surface area contributed by atoms with Gasteiger partial charge in [0.25, 0.3) is 23.6 Å². The van der Waals surface area contributed by atoms with Crippen molar-refractivity contribution in [3.63, 3.8) is 0 Å². The predicted molar refractivity (Wildman–Crippen MR) is 292 cm³/mol. The number of nitrogens with zero attached hydrogens (tertiary/aromatic N) is 11. The number of thioether (sulfide) groups is 2. The predicted octanol–water partition coefficient (Wildman–Crippen LogP) is -0.753. The maximum atomic E-state index is 13.6. The molecule has 2 saturated heterocycles. The number of amides is 6. The van der Waals surface area contributed by atoms with Gasteiger partial charge < -0.3 is 51.8 Å². The Hall–Kier alpha value is -8.00. The van der Waals surface area contributed by atoms with Gasteiger partial charge in [-0.2, -0.15) is 0 Å². The lowest BCUT2D eigenvalue weighted by atomic mass is 10.0. The number of hydrogen-bond acceptors (Lipinski definition) is 21. The number of pyridine rings is 2. The standard InChI is InChI=1S/C49H55N15O12S4/c1-6-61(16-26-8-12-59(13-9-26)18-28-22-77-44-36(42(69)63(44)38(28)46(71)72)54-40(67)34(56-75-4)30-24-79-48(50)52-30)32(65)20-58(3)21-33(66)62(7-2)17-27-10-14-60(15-11-27)19-29-23-78-45-37(43(70)64(45)39(29)47(73)74)55-41(68)35(57-76-5)31-25-80-49(51)53-31/h8-15,24-25,36-37,44-45H,6-7,16-23H2,1-5H3,(H6-2,50,51,52,53,54,55,67,68,71,72,73,74)/p+2/b56-34-,57-35-. The Morgan fingerprint density at radius 2 is 1.06 bits per heavy atom. The molecule has 6 amide bonds. The number of anilines is 2. The molecule has 80 heavy (non-hydrogen) atoms. The molecule has 4 unspecified atom stereocenters. The van der Waals surface area contributed by atoms with E-state index in [0.717, 1.165) is 33.8 Å². The average Bonchev–Trinajstić information content (AvgIpc) is 4.22. The summed E-state index contributed by atoms with van der Waals surface area (Å²) in [5, 5.41) is 35.4. The van der Waals surface area contributed by atoms with Gasteiger partial charge in [-0.1, -0.05) is 10.3 Å². The Bertz CT molecular complexity index is 3010. The number of likely N-dealkylation sites (N-methyl/N-ethyl adjacent to an activating group) is 3. The number of oxime groups is 2. The quantitative estimate of drug-likeness (QED) is 0.0217. The van der Waals surface area contributed by atoms with E-state index >= 15 is 0 Å². The van der Waals surface area contributed by atoms with E-state index in [9.17, 15) is 48.6 Å². The van der Waals surface area contributed by atoms with E-state index in [-0.39, 0.29) is 107 Å². The molecule has 0 aliphatic carbocycles. The van der Waals surface area contributed by atoms with Crippen molar-refractivity contribution in [2.45, 2.75) is 62.9 Å². The molecule has 0 radical (unpaired) electrons. The van der Waals surface area contributed by atoms with E-state index in [1.807, 2.05) is 38.1 Å². The first-order valence-electron chi connectivity index (χ1n) is 24.6. The number of rotatable bonds is 24. The van der Waals surface area contributed by atoms with Gasteiger partial charge in [0.2, 0.25) is 11.8 Å². The summed E-state index contributed by atoms with van der Waals surface area (Å²) in [6.07, 6.45) is 7.07. The Morgan fingerprint density at radius 1 is 0.688 bits per heavy atom. The van der Waals surface area contributed by atoms with Crippen LogP contribution in [0.25, 0.3) is 0 Å². The van der Waals surface area contributed by atoms with Crippen LogP contribution in [0.2, 0.25) is 0 Å². The smallest absolute Gasteiger partial charge is 0.352 e. The molecule has 8 N–H and O–H groups in total. The number of nitrogens with one attached hydrogen (secondary N) is 2. The number of hydrogen-bond donors (Lipinski definition) is 6. The van der Waals surface area contributed by atoms with Gasteiger partial charge in [0.1, 0.15) is 59.8 Å². The highest BCUT2D eigenvalue weighted by molar-refractivity contribution is 8.00. The number of fused-ring (bicyclic) bond motifs is 2. The van der Waals surface area contributed by atoms with E-state index in [1.54, 1.807) is 55.7 Å². The highest BCUT2D eigenvalue weighted by Gasteiger charge is 2.56. The van der Waals surface area contributed by atoms with Crippen LogP contribution in [0.15, 0.2) is 92.7 Å². The second-order valence-electron chi connectivity index (χ2n) is 18.4. The number of aromatic nitrogens is 4. The minimum absolute atomic E-state index is 0.0262. The lowest BCUT2D eigenvalue weighted by Gasteiger charge is -2.49. The van der Waals surface area contributed by atoms with E-state index in [2.05, 4.69) is 30.9 Å². The van der Waals surface area contributed by atoms with E-state index in [4.69, 9.17) is 21.1 Å². The van der Waals surface area contributed by atoms with Crippen LogP contribution in [0.4, 0.5) is 10.3 Å². The third-order valence-electron chi connectivity index (χ3n) is 13.1. The Balaban J connectivity index is 0.804. The molecule has 4 aliphatic rings. The van der Waals surface area contributed by atoms with Gasteiger partial charge in [-0.3, -0.25) is 43.5 Å². The number of carbonyl (C=O) groups is 8. The summed E-state index contributed by atoms with van der Waals surface area (Å²) in [6.45, 7) is 5.33. The molecule has 2 fully saturated rings. The van der Waals surface area contributed by atoms with Gasteiger partial charge in [0.15, 0.2) is 59.6 Å². The minimum atomic E-state index is -1.28. The number of carboxylic acid groups (broad SMARTS) is 2. The lowest BCUT2D eigenvalue weighted by Crippen LogP contribution is -2.71. The van der Waals surface area contributed by atoms with Crippen molar-refractivity contribution in [3.8, 4) is 0 Å². The number of thiazole rings is 2. The Morgan fingerprint density at radius 3 is 1.38 bits per heavy atom. The van der Waals surface area contributed by atoms with Crippen molar-refractivity contribution in [1.82, 2.24) is 45.1 Å². The molecule has 0 saturated carbocycles. The molecule has 422 valence electrons. The second-order valence-corrected chi connectivity index (χ2v) is 22.4. The molecular weight excluding hydrogens is 1120 g/mol. The third kappa shape index (κ3) is 12.7. The number of aliphatic carboxylic acids is 2. The number of carbonyl (C=O) groups excluding carboxylic acids is 6. The molecule has 0 spiro atoms. The lowest BCUT2D eigenvalue weighted by molar-refractivity contribution is -0.689. The maximum absolute atomic E-state index is 13.6. The van der Waals surface area contributed by atoms with Crippen LogP contribution >= 0.6 is 46.2 Å². The van der Waals surface area contributed by atoms with Crippen LogP contribution < -0.4 is 31.2 Å². The number of β-lactam (4-membered cyclic amide) rings is 2. The van der Waals surface area contributed by atoms with Crippen molar-refractivity contribution in [1.29, 1.82) is 0 Å². The summed E-state index contributed by atoms with van der Waals surface area (Å²) in [4.78, 5) is 131. The zero-order valence-corrected chi connectivity index (χ0v) is 47.1. The molecule has 27 nitrogen and oxygen atoms in total. The summed E-state index contributed by atoms with van der Waals surface area (Å²) in [7, 11) is 4.22. The molecule has 31 heteroatoms. The van der Waals surface area contributed by atoms with Gasteiger partial charge in [-0.15, -0.1) is 46.2 Å². The largest absolute Gasteiger partial charge is 0.477 e. The summed E-state index contributed by atoms with van der Waals surface area (Å²) in [6, 6.07) is 5.27. The van der Waals surface area contributed by atoms with Crippen molar-refractivity contribution < 1.29 is 67.4 Å². The molecule has 8 rings (SSSR count). The first kappa shape index (κ1) is 58.2.